The quantitative estimate of drug-likeness (QED) is 0.636. The van der Waals surface area contributed by atoms with E-state index < -0.39 is 5.97 Å². The van der Waals surface area contributed by atoms with Gasteiger partial charge in [-0.25, -0.2) is 0 Å². The summed E-state index contributed by atoms with van der Waals surface area (Å²) in [6, 6.07) is 14.3. The van der Waals surface area contributed by atoms with Crippen molar-refractivity contribution in [3.8, 4) is 11.5 Å². The van der Waals surface area contributed by atoms with Crippen LogP contribution in [0.1, 0.15) is 25.3 Å². The molecule has 6 nitrogen and oxygen atoms in total. The lowest BCUT2D eigenvalue weighted by atomic mass is 10.1. The van der Waals surface area contributed by atoms with Crippen molar-refractivity contribution in [1.82, 2.24) is 0 Å². The summed E-state index contributed by atoms with van der Waals surface area (Å²) < 4.78 is 11.2. The summed E-state index contributed by atoms with van der Waals surface area (Å²) in [4.78, 5) is 23.0. The van der Waals surface area contributed by atoms with Crippen LogP contribution >= 0.6 is 0 Å². The van der Waals surface area contributed by atoms with Gasteiger partial charge in [0.15, 0.2) is 11.5 Å². The van der Waals surface area contributed by atoms with Crippen LogP contribution < -0.4 is 14.8 Å². The highest BCUT2D eigenvalue weighted by Crippen LogP contribution is 2.26. The molecule has 0 aliphatic carbocycles. The van der Waals surface area contributed by atoms with Gasteiger partial charge in [0.05, 0.1) is 19.6 Å². The first-order valence-electron chi connectivity index (χ1n) is 8.54. The maximum atomic E-state index is 12.1. The van der Waals surface area contributed by atoms with E-state index in [4.69, 9.17) is 14.6 Å². The molecule has 2 rings (SSSR count). The Bertz CT molecular complexity index is 744. The number of hydrogen-bond acceptors (Lipinski definition) is 4. The number of benzene rings is 2. The minimum absolute atomic E-state index is 0.131. The lowest BCUT2D eigenvalue weighted by Crippen LogP contribution is -2.15. The highest BCUT2D eigenvalue weighted by molar-refractivity contribution is 5.92. The van der Waals surface area contributed by atoms with Crippen molar-refractivity contribution < 1.29 is 24.2 Å². The molecule has 0 unspecified atom stereocenters. The Morgan fingerprint density at radius 2 is 1.65 bits per heavy atom. The molecule has 26 heavy (non-hydrogen) atoms. The summed E-state index contributed by atoms with van der Waals surface area (Å²) in [5.74, 6) is 0.223. The van der Waals surface area contributed by atoms with E-state index in [1.54, 1.807) is 24.3 Å². The number of amides is 1. The van der Waals surface area contributed by atoms with Crippen LogP contribution in [0.5, 0.6) is 11.5 Å². The van der Waals surface area contributed by atoms with Crippen molar-refractivity contribution in [3.05, 3.63) is 54.1 Å². The zero-order valence-corrected chi connectivity index (χ0v) is 14.7. The first kappa shape index (κ1) is 19.3. The first-order chi connectivity index (χ1) is 12.6. The highest BCUT2D eigenvalue weighted by Gasteiger charge is 2.10. The smallest absolute Gasteiger partial charge is 0.307 e. The third-order valence-corrected chi connectivity index (χ3v) is 3.59. The van der Waals surface area contributed by atoms with Gasteiger partial charge in [-0.05, 0) is 37.1 Å². The molecule has 0 atom stereocenters. The van der Waals surface area contributed by atoms with Crippen LogP contribution in [0.15, 0.2) is 48.5 Å². The monoisotopic (exact) mass is 357 g/mol. The first-order valence-corrected chi connectivity index (χ1v) is 8.54. The van der Waals surface area contributed by atoms with Crippen LogP contribution in [0.25, 0.3) is 0 Å². The van der Waals surface area contributed by atoms with Gasteiger partial charge in [-0.2, -0.15) is 0 Å². The van der Waals surface area contributed by atoms with Gasteiger partial charge in [0.25, 0.3) is 0 Å². The fraction of sp³-hybridized carbons (Fsp3) is 0.300. The average Bonchev–Trinajstić information content (AvgIpc) is 2.61. The van der Waals surface area contributed by atoms with Crippen LogP contribution in [0.2, 0.25) is 0 Å². The number of carbonyl (C=O) groups excluding carboxylic acids is 1. The summed E-state index contributed by atoms with van der Waals surface area (Å²) in [5, 5.41) is 11.7. The second kappa shape index (κ2) is 10.1. The van der Waals surface area contributed by atoms with Crippen molar-refractivity contribution >= 4 is 17.6 Å². The largest absolute Gasteiger partial charge is 0.490 e. The molecule has 0 saturated carbocycles. The van der Waals surface area contributed by atoms with Gasteiger partial charge in [0.2, 0.25) is 5.91 Å². The van der Waals surface area contributed by atoms with E-state index in [1.807, 2.05) is 31.2 Å². The number of ether oxygens (including phenoxy) is 2. The van der Waals surface area contributed by atoms with Gasteiger partial charge in [0.1, 0.15) is 0 Å². The van der Waals surface area contributed by atoms with E-state index >= 15 is 0 Å². The van der Waals surface area contributed by atoms with Crippen molar-refractivity contribution in [1.29, 1.82) is 0 Å². The maximum Gasteiger partial charge on any atom is 0.307 e. The van der Waals surface area contributed by atoms with E-state index in [9.17, 15) is 9.59 Å². The normalized spacial score (nSPS) is 10.2. The van der Waals surface area contributed by atoms with Crippen molar-refractivity contribution in [3.63, 3.8) is 0 Å². The molecule has 6 heteroatoms. The summed E-state index contributed by atoms with van der Waals surface area (Å²) in [5.41, 5.74) is 1.11. The predicted molar refractivity (Wildman–Crippen MR) is 98.8 cm³/mol. The Kier molecular flexibility index (Phi) is 7.49. The molecule has 2 aromatic rings. The van der Waals surface area contributed by atoms with Gasteiger partial charge >= 0.3 is 5.97 Å². The fourth-order valence-electron chi connectivity index (χ4n) is 2.43. The third kappa shape index (κ3) is 6.12. The predicted octanol–water partition coefficient (Wildman–Crippen LogP) is 3.51. The zero-order chi connectivity index (χ0) is 18.8. The molecule has 2 N–H and O–H groups in total. The Labute approximate surface area is 152 Å². The Balaban J connectivity index is 1.80. The molecular weight excluding hydrogens is 334 g/mol. The van der Waals surface area contributed by atoms with E-state index in [0.717, 1.165) is 0 Å². The second-order valence-corrected chi connectivity index (χ2v) is 5.61. The molecule has 1 amide bonds. The van der Waals surface area contributed by atoms with Gasteiger partial charge in [-0.3, -0.25) is 9.59 Å². The number of carboxylic acid groups (broad SMARTS) is 1. The van der Waals surface area contributed by atoms with E-state index in [2.05, 4.69) is 5.32 Å². The third-order valence-electron chi connectivity index (χ3n) is 3.59. The molecule has 2 aromatic carbocycles. The lowest BCUT2D eigenvalue weighted by Gasteiger charge is -2.12. The van der Waals surface area contributed by atoms with Crippen LogP contribution in [0.3, 0.4) is 0 Å². The number of para-hydroxylation sites is 3. The number of hydrogen-bond donors (Lipinski definition) is 2. The molecular formula is C20H23NO5. The SMILES string of the molecule is CCOc1ccccc1OCCCC(=O)Nc1ccccc1CC(=O)O. The summed E-state index contributed by atoms with van der Waals surface area (Å²) in [6.07, 6.45) is 0.680. The molecule has 0 fully saturated rings. The molecule has 0 heterocycles. The zero-order valence-electron chi connectivity index (χ0n) is 14.7. The second-order valence-electron chi connectivity index (χ2n) is 5.61. The molecule has 0 saturated heterocycles. The van der Waals surface area contributed by atoms with Crippen LogP contribution in [-0.2, 0) is 16.0 Å². The Morgan fingerprint density at radius 3 is 2.35 bits per heavy atom. The molecule has 0 radical (unpaired) electrons. The van der Waals surface area contributed by atoms with E-state index in [-0.39, 0.29) is 18.7 Å². The summed E-state index contributed by atoms with van der Waals surface area (Å²) >= 11 is 0. The van der Waals surface area contributed by atoms with E-state index in [0.29, 0.717) is 42.4 Å². The lowest BCUT2D eigenvalue weighted by molar-refractivity contribution is -0.136. The number of rotatable bonds is 10. The number of carboxylic acids is 1. The Morgan fingerprint density at radius 1 is 1.00 bits per heavy atom. The molecule has 138 valence electrons. The maximum absolute atomic E-state index is 12.1. The molecule has 0 aliphatic rings. The van der Waals surface area contributed by atoms with Crippen LogP contribution in [0.4, 0.5) is 5.69 Å². The van der Waals surface area contributed by atoms with Crippen LogP contribution in [-0.4, -0.2) is 30.2 Å². The summed E-state index contributed by atoms with van der Waals surface area (Å²) in [6.45, 7) is 2.84. The highest BCUT2D eigenvalue weighted by atomic mass is 16.5. The van der Waals surface area contributed by atoms with Gasteiger partial charge in [-0.15, -0.1) is 0 Å². The number of aliphatic carboxylic acids is 1. The molecule has 0 bridgehead atoms. The minimum atomic E-state index is -0.937. The van der Waals surface area contributed by atoms with Crippen LogP contribution in [0, 0.1) is 0 Å². The topological polar surface area (TPSA) is 84.9 Å². The fourth-order valence-corrected chi connectivity index (χ4v) is 2.43. The van der Waals surface area contributed by atoms with Gasteiger partial charge < -0.3 is 19.9 Å². The number of anilines is 1. The molecule has 0 aromatic heterocycles. The van der Waals surface area contributed by atoms with E-state index in [1.165, 1.54) is 0 Å². The Hall–Kier alpha value is -3.02. The standard InChI is InChI=1S/C20H23NO5/c1-2-25-17-10-5-6-11-18(17)26-13-7-12-19(22)21-16-9-4-3-8-15(16)14-20(23)24/h3-6,8-11H,2,7,12-14H2,1H3,(H,21,22)(H,23,24). The van der Waals surface area contributed by atoms with Crippen molar-refractivity contribution in [2.75, 3.05) is 18.5 Å². The molecule has 0 aliphatic heterocycles. The number of carbonyl (C=O) groups is 2. The minimum Gasteiger partial charge on any atom is -0.490 e. The number of nitrogens with one attached hydrogen (secondary N) is 1. The van der Waals surface area contributed by atoms with Crippen molar-refractivity contribution in [2.24, 2.45) is 0 Å². The van der Waals surface area contributed by atoms with Crippen molar-refractivity contribution in [2.45, 2.75) is 26.2 Å². The van der Waals surface area contributed by atoms with Gasteiger partial charge in [0, 0.05) is 12.1 Å². The van der Waals surface area contributed by atoms with Gasteiger partial charge in [-0.1, -0.05) is 30.3 Å². The summed E-state index contributed by atoms with van der Waals surface area (Å²) in [7, 11) is 0. The molecule has 0 spiro atoms. The average molecular weight is 357 g/mol.